The number of aliphatic hydroxyl groups is 1. The first-order chi connectivity index (χ1) is 6.14. The lowest BCUT2D eigenvalue weighted by Gasteiger charge is -2.35. The molecule has 13 heavy (non-hydrogen) atoms. The third kappa shape index (κ3) is 3.63. The van der Waals surface area contributed by atoms with Gasteiger partial charge in [0.15, 0.2) is 5.79 Å². The van der Waals surface area contributed by atoms with Gasteiger partial charge in [0.05, 0.1) is 6.61 Å². The molecule has 0 radical (unpaired) electrons. The third-order valence-corrected chi connectivity index (χ3v) is 2.32. The molecule has 0 aromatic carbocycles. The van der Waals surface area contributed by atoms with Crippen molar-refractivity contribution in [3.8, 4) is 0 Å². The molecule has 3 nitrogen and oxygen atoms in total. The Labute approximate surface area is 81.0 Å². The van der Waals surface area contributed by atoms with Crippen LogP contribution >= 0.6 is 0 Å². The lowest BCUT2D eigenvalue weighted by Crippen LogP contribution is -2.42. The van der Waals surface area contributed by atoms with Crippen molar-refractivity contribution in [3.05, 3.63) is 0 Å². The minimum absolute atomic E-state index is 0.0485. The van der Waals surface area contributed by atoms with E-state index in [1.165, 1.54) is 0 Å². The highest BCUT2D eigenvalue weighted by molar-refractivity contribution is 4.73. The van der Waals surface area contributed by atoms with E-state index in [-0.39, 0.29) is 12.5 Å². The molecule has 3 heteroatoms. The number of ether oxygens (including phenoxy) is 2. The highest BCUT2D eigenvalue weighted by Crippen LogP contribution is 2.25. The van der Waals surface area contributed by atoms with Crippen molar-refractivity contribution in [2.45, 2.75) is 39.9 Å². The van der Waals surface area contributed by atoms with Crippen LogP contribution in [0.1, 0.15) is 34.1 Å². The van der Waals surface area contributed by atoms with Gasteiger partial charge in [0.25, 0.3) is 0 Å². The maximum atomic E-state index is 9.15. The summed E-state index contributed by atoms with van der Waals surface area (Å²) in [5.41, 5.74) is 0. The summed E-state index contributed by atoms with van der Waals surface area (Å²) < 4.78 is 11.1. The van der Waals surface area contributed by atoms with Crippen molar-refractivity contribution in [2.24, 2.45) is 5.92 Å². The SMILES string of the molecule is CCOC(C)(OCC)C(CC)CO. The van der Waals surface area contributed by atoms with Crippen molar-refractivity contribution in [3.63, 3.8) is 0 Å². The molecule has 1 N–H and O–H groups in total. The molecule has 0 fully saturated rings. The van der Waals surface area contributed by atoms with Crippen LogP contribution in [0.15, 0.2) is 0 Å². The van der Waals surface area contributed by atoms with Crippen molar-refractivity contribution in [1.29, 1.82) is 0 Å². The fourth-order valence-corrected chi connectivity index (χ4v) is 1.52. The molecular weight excluding hydrogens is 168 g/mol. The Morgan fingerprint density at radius 1 is 1.15 bits per heavy atom. The maximum Gasteiger partial charge on any atom is 0.170 e. The van der Waals surface area contributed by atoms with E-state index in [0.29, 0.717) is 13.2 Å². The minimum Gasteiger partial charge on any atom is -0.396 e. The van der Waals surface area contributed by atoms with Gasteiger partial charge in [0.2, 0.25) is 0 Å². The van der Waals surface area contributed by atoms with E-state index in [4.69, 9.17) is 14.6 Å². The molecule has 0 spiro atoms. The predicted molar refractivity (Wildman–Crippen MR) is 52.5 cm³/mol. The molecule has 0 aliphatic rings. The summed E-state index contributed by atoms with van der Waals surface area (Å²) in [7, 11) is 0. The Kier molecular flexibility index (Phi) is 6.29. The van der Waals surface area contributed by atoms with Crippen molar-refractivity contribution >= 4 is 0 Å². The summed E-state index contributed by atoms with van der Waals surface area (Å²) in [5.74, 6) is -0.583. The molecule has 0 rings (SSSR count). The molecular formula is C10H22O3. The fourth-order valence-electron chi connectivity index (χ4n) is 1.52. The molecule has 0 aliphatic carbocycles. The summed E-state index contributed by atoms with van der Waals surface area (Å²) in [5, 5.41) is 9.15. The zero-order valence-corrected chi connectivity index (χ0v) is 9.17. The first-order valence-corrected chi connectivity index (χ1v) is 5.03. The third-order valence-electron chi connectivity index (χ3n) is 2.32. The molecule has 0 bridgehead atoms. The standard InChI is InChI=1S/C10H22O3/c1-5-9(8-11)10(4,12-6-2)13-7-3/h9,11H,5-8H2,1-4H3. The van der Waals surface area contributed by atoms with Gasteiger partial charge in [-0.05, 0) is 27.2 Å². The summed E-state index contributed by atoms with van der Waals surface area (Å²) in [4.78, 5) is 0. The van der Waals surface area contributed by atoms with E-state index in [0.717, 1.165) is 6.42 Å². The van der Waals surface area contributed by atoms with Gasteiger partial charge in [-0.2, -0.15) is 0 Å². The second kappa shape index (κ2) is 6.35. The van der Waals surface area contributed by atoms with Gasteiger partial charge in [-0.15, -0.1) is 0 Å². The molecule has 0 heterocycles. The largest absolute Gasteiger partial charge is 0.396 e. The van der Waals surface area contributed by atoms with Crippen LogP contribution in [-0.4, -0.2) is 30.7 Å². The average molecular weight is 190 g/mol. The quantitative estimate of drug-likeness (QED) is 0.622. The second-order valence-corrected chi connectivity index (χ2v) is 3.17. The van der Waals surface area contributed by atoms with Gasteiger partial charge in [0.1, 0.15) is 0 Å². The van der Waals surface area contributed by atoms with Gasteiger partial charge in [0, 0.05) is 19.1 Å². The lowest BCUT2D eigenvalue weighted by atomic mass is 9.98. The Bertz CT molecular complexity index is 115. The molecule has 0 saturated heterocycles. The molecule has 0 aromatic rings. The Balaban J connectivity index is 4.33. The lowest BCUT2D eigenvalue weighted by molar-refractivity contribution is -0.257. The Morgan fingerprint density at radius 2 is 1.62 bits per heavy atom. The number of rotatable bonds is 7. The summed E-state index contributed by atoms with van der Waals surface area (Å²) >= 11 is 0. The monoisotopic (exact) mass is 190 g/mol. The molecule has 0 aliphatic heterocycles. The van der Waals surface area contributed by atoms with E-state index >= 15 is 0 Å². The first kappa shape index (κ1) is 12.9. The normalized spacial score (nSPS) is 14.5. The van der Waals surface area contributed by atoms with E-state index in [1.54, 1.807) is 0 Å². The van der Waals surface area contributed by atoms with Crippen molar-refractivity contribution in [2.75, 3.05) is 19.8 Å². The van der Waals surface area contributed by atoms with Crippen molar-refractivity contribution in [1.82, 2.24) is 0 Å². The zero-order valence-electron chi connectivity index (χ0n) is 9.17. The summed E-state index contributed by atoms with van der Waals surface area (Å²) in [6.07, 6.45) is 0.854. The number of hydrogen-bond donors (Lipinski definition) is 1. The van der Waals surface area contributed by atoms with E-state index in [2.05, 4.69) is 0 Å². The van der Waals surface area contributed by atoms with Gasteiger partial charge in [-0.1, -0.05) is 6.92 Å². The van der Waals surface area contributed by atoms with E-state index in [1.807, 2.05) is 27.7 Å². The first-order valence-electron chi connectivity index (χ1n) is 5.03. The van der Waals surface area contributed by atoms with Crippen LogP contribution in [0, 0.1) is 5.92 Å². The molecule has 80 valence electrons. The van der Waals surface area contributed by atoms with Gasteiger partial charge < -0.3 is 14.6 Å². The molecule has 1 atom stereocenters. The number of hydrogen-bond acceptors (Lipinski definition) is 3. The Morgan fingerprint density at radius 3 is 1.85 bits per heavy atom. The molecule has 0 aromatic heterocycles. The second-order valence-electron chi connectivity index (χ2n) is 3.17. The van der Waals surface area contributed by atoms with Gasteiger partial charge in [-0.25, -0.2) is 0 Å². The Hall–Kier alpha value is -0.120. The summed E-state index contributed by atoms with van der Waals surface area (Å²) in [6, 6.07) is 0. The molecule has 0 amide bonds. The van der Waals surface area contributed by atoms with Crippen molar-refractivity contribution < 1.29 is 14.6 Å². The minimum atomic E-state index is -0.632. The van der Waals surface area contributed by atoms with Gasteiger partial charge in [-0.3, -0.25) is 0 Å². The molecule has 1 unspecified atom stereocenters. The zero-order chi connectivity index (χ0) is 10.3. The van der Waals surface area contributed by atoms with Crippen LogP contribution in [0.3, 0.4) is 0 Å². The maximum absolute atomic E-state index is 9.15. The van der Waals surface area contributed by atoms with Crippen LogP contribution in [0.25, 0.3) is 0 Å². The van der Waals surface area contributed by atoms with Crippen LogP contribution in [0.5, 0.6) is 0 Å². The van der Waals surface area contributed by atoms with Crippen LogP contribution in [-0.2, 0) is 9.47 Å². The predicted octanol–water partition coefficient (Wildman–Crippen LogP) is 1.79. The van der Waals surface area contributed by atoms with E-state index < -0.39 is 5.79 Å². The number of aliphatic hydroxyl groups excluding tert-OH is 1. The average Bonchev–Trinajstić information content (AvgIpc) is 2.07. The van der Waals surface area contributed by atoms with E-state index in [9.17, 15) is 0 Å². The topological polar surface area (TPSA) is 38.7 Å². The van der Waals surface area contributed by atoms with Crippen LogP contribution in [0.2, 0.25) is 0 Å². The summed E-state index contributed by atoms with van der Waals surface area (Å²) in [6.45, 7) is 9.09. The molecule has 0 saturated carbocycles. The van der Waals surface area contributed by atoms with Crippen LogP contribution < -0.4 is 0 Å². The van der Waals surface area contributed by atoms with Crippen LogP contribution in [0.4, 0.5) is 0 Å². The highest BCUT2D eigenvalue weighted by Gasteiger charge is 2.33. The highest BCUT2D eigenvalue weighted by atomic mass is 16.7. The fraction of sp³-hybridized carbons (Fsp3) is 1.00. The van der Waals surface area contributed by atoms with Gasteiger partial charge >= 0.3 is 0 Å². The smallest absolute Gasteiger partial charge is 0.170 e.